The molecule has 0 aliphatic carbocycles. The molecule has 1 atom stereocenters. The molecule has 1 amide bonds. The van der Waals surface area contributed by atoms with Crippen LogP contribution in [0.25, 0.3) is 0 Å². The lowest BCUT2D eigenvalue weighted by atomic mass is 10.2. The molecule has 2 N–H and O–H groups in total. The third-order valence-electron chi connectivity index (χ3n) is 3.98. The fourth-order valence-electron chi connectivity index (χ4n) is 2.50. The number of benzene rings is 1. The van der Waals surface area contributed by atoms with Gasteiger partial charge in [-0.25, -0.2) is 0 Å². The van der Waals surface area contributed by atoms with Gasteiger partial charge in [0, 0.05) is 37.3 Å². The van der Waals surface area contributed by atoms with Gasteiger partial charge in [0.25, 0.3) is 5.69 Å². The lowest BCUT2D eigenvalue weighted by molar-refractivity contribution is -0.384. The number of non-ortho nitro benzene ring substituents is 1. The quantitative estimate of drug-likeness (QED) is 0.384. The molecular weight excluding hydrogens is 336 g/mol. The second-order valence-corrected chi connectivity index (χ2v) is 6.13. The summed E-state index contributed by atoms with van der Waals surface area (Å²) in [7, 11) is 3.88. The largest absolute Gasteiger partial charge is 0.468 e. The number of nitro groups is 1. The van der Waals surface area contributed by atoms with Crippen LogP contribution in [0, 0.1) is 10.1 Å². The SMILES string of the molecule is CN(C)C(CNC(=O)CCCNc1ccc([N+](=O)[O-])cc1)c1ccco1. The van der Waals surface area contributed by atoms with Crippen LogP contribution in [0.4, 0.5) is 11.4 Å². The van der Waals surface area contributed by atoms with Crippen LogP contribution in [-0.2, 0) is 4.79 Å². The van der Waals surface area contributed by atoms with Gasteiger partial charge >= 0.3 is 0 Å². The van der Waals surface area contributed by atoms with E-state index in [4.69, 9.17) is 4.42 Å². The van der Waals surface area contributed by atoms with Gasteiger partial charge < -0.3 is 15.1 Å². The van der Waals surface area contributed by atoms with E-state index in [9.17, 15) is 14.9 Å². The molecule has 0 aliphatic rings. The smallest absolute Gasteiger partial charge is 0.269 e. The van der Waals surface area contributed by atoms with Gasteiger partial charge in [0.1, 0.15) is 5.76 Å². The number of nitro benzene ring substituents is 1. The summed E-state index contributed by atoms with van der Waals surface area (Å²) in [6.07, 6.45) is 2.69. The highest BCUT2D eigenvalue weighted by Gasteiger charge is 2.17. The van der Waals surface area contributed by atoms with E-state index in [2.05, 4.69) is 10.6 Å². The fourth-order valence-corrected chi connectivity index (χ4v) is 2.50. The predicted molar refractivity (Wildman–Crippen MR) is 99.0 cm³/mol. The van der Waals surface area contributed by atoms with Crippen molar-refractivity contribution in [2.24, 2.45) is 0 Å². The molecule has 0 spiro atoms. The Kier molecular flexibility index (Phi) is 7.16. The maximum Gasteiger partial charge on any atom is 0.269 e. The Morgan fingerprint density at radius 1 is 1.27 bits per heavy atom. The summed E-state index contributed by atoms with van der Waals surface area (Å²) in [5, 5.41) is 16.7. The van der Waals surface area contributed by atoms with Gasteiger partial charge in [0.2, 0.25) is 5.91 Å². The summed E-state index contributed by atoms with van der Waals surface area (Å²) in [6.45, 7) is 1.09. The van der Waals surface area contributed by atoms with Crippen molar-refractivity contribution in [3.63, 3.8) is 0 Å². The highest BCUT2D eigenvalue weighted by atomic mass is 16.6. The average molecular weight is 360 g/mol. The van der Waals surface area contributed by atoms with Gasteiger partial charge in [-0.15, -0.1) is 0 Å². The molecule has 8 heteroatoms. The third-order valence-corrected chi connectivity index (χ3v) is 3.98. The number of carbonyl (C=O) groups excluding carboxylic acids is 1. The molecule has 1 heterocycles. The summed E-state index contributed by atoms with van der Waals surface area (Å²) in [6, 6.07) is 9.93. The number of likely N-dealkylation sites (N-methyl/N-ethyl adjacent to an activating group) is 1. The zero-order valence-electron chi connectivity index (χ0n) is 15.0. The van der Waals surface area contributed by atoms with Crippen LogP contribution in [0.5, 0.6) is 0 Å². The molecule has 2 rings (SSSR count). The Hall–Kier alpha value is -2.87. The molecule has 140 valence electrons. The monoisotopic (exact) mass is 360 g/mol. The first kappa shape index (κ1) is 19.5. The van der Waals surface area contributed by atoms with Crippen LogP contribution in [0.1, 0.15) is 24.6 Å². The molecule has 0 radical (unpaired) electrons. The minimum atomic E-state index is -0.433. The van der Waals surface area contributed by atoms with Gasteiger partial charge in [-0.3, -0.25) is 19.8 Å². The Balaban J connectivity index is 1.67. The standard InChI is InChI=1S/C18H24N4O4/c1-21(2)16(17-5-4-12-26-17)13-20-18(23)6-3-11-19-14-7-9-15(10-8-14)22(24)25/h4-5,7-10,12,16,19H,3,6,11,13H2,1-2H3,(H,20,23). The lowest BCUT2D eigenvalue weighted by Gasteiger charge is -2.22. The summed E-state index contributed by atoms with van der Waals surface area (Å²) in [5.41, 5.74) is 0.850. The van der Waals surface area contributed by atoms with Crippen molar-refractivity contribution >= 4 is 17.3 Å². The highest BCUT2D eigenvalue weighted by molar-refractivity contribution is 5.75. The number of carbonyl (C=O) groups is 1. The Bertz CT molecular complexity index is 698. The van der Waals surface area contributed by atoms with E-state index < -0.39 is 4.92 Å². The molecule has 26 heavy (non-hydrogen) atoms. The molecule has 0 bridgehead atoms. The molecule has 0 saturated heterocycles. The van der Waals surface area contributed by atoms with Crippen molar-refractivity contribution < 1.29 is 14.1 Å². The minimum absolute atomic E-state index is 0.00724. The molecule has 0 saturated carbocycles. The Labute approximate surface area is 152 Å². The van der Waals surface area contributed by atoms with E-state index in [1.807, 2.05) is 31.1 Å². The van der Waals surface area contributed by atoms with E-state index >= 15 is 0 Å². The van der Waals surface area contributed by atoms with Crippen LogP contribution >= 0.6 is 0 Å². The number of nitrogens with zero attached hydrogens (tertiary/aromatic N) is 2. The Morgan fingerprint density at radius 2 is 2.00 bits per heavy atom. The first-order chi connectivity index (χ1) is 12.5. The number of anilines is 1. The van der Waals surface area contributed by atoms with E-state index in [-0.39, 0.29) is 17.6 Å². The lowest BCUT2D eigenvalue weighted by Crippen LogP contribution is -2.34. The average Bonchev–Trinajstić information content (AvgIpc) is 3.13. The van der Waals surface area contributed by atoms with Crippen molar-refractivity contribution in [1.29, 1.82) is 0 Å². The van der Waals surface area contributed by atoms with Crippen LogP contribution in [0.3, 0.4) is 0 Å². The third kappa shape index (κ3) is 5.89. The summed E-state index contributed by atoms with van der Waals surface area (Å²) in [5.74, 6) is 0.795. The van der Waals surface area contributed by atoms with Crippen LogP contribution < -0.4 is 10.6 Å². The van der Waals surface area contributed by atoms with Crippen molar-refractivity contribution in [2.75, 3.05) is 32.5 Å². The van der Waals surface area contributed by atoms with Gasteiger partial charge in [0.15, 0.2) is 0 Å². The van der Waals surface area contributed by atoms with Gasteiger partial charge in [-0.2, -0.15) is 0 Å². The first-order valence-corrected chi connectivity index (χ1v) is 8.42. The second-order valence-electron chi connectivity index (χ2n) is 6.13. The molecule has 2 aromatic rings. The van der Waals surface area contributed by atoms with Crippen LogP contribution in [-0.4, -0.2) is 42.9 Å². The van der Waals surface area contributed by atoms with Gasteiger partial charge in [-0.1, -0.05) is 0 Å². The number of hydrogen-bond acceptors (Lipinski definition) is 6. The van der Waals surface area contributed by atoms with Gasteiger partial charge in [0.05, 0.1) is 17.2 Å². The number of nitrogens with one attached hydrogen (secondary N) is 2. The van der Waals surface area contributed by atoms with Crippen molar-refractivity contribution in [2.45, 2.75) is 18.9 Å². The van der Waals surface area contributed by atoms with Crippen molar-refractivity contribution in [1.82, 2.24) is 10.2 Å². The van der Waals surface area contributed by atoms with Crippen LogP contribution in [0.2, 0.25) is 0 Å². The summed E-state index contributed by atoms with van der Waals surface area (Å²) in [4.78, 5) is 24.2. The second kappa shape index (κ2) is 9.57. The van der Waals surface area contributed by atoms with E-state index in [0.717, 1.165) is 11.4 Å². The molecular formula is C18H24N4O4. The van der Waals surface area contributed by atoms with Crippen LogP contribution in [0.15, 0.2) is 47.1 Å². The number of rotatable bonds is 10. The molecule has 1 aromatic carbocycles. The normalized spacial score (nSPS) is 12.0. The molecule has 8 nitrogen and oxygen atoms in total. The summed E-state index contributed by atoms with van der Waals surface area (Å²) >= 11 is 0. The molecule has 0 aliphatic heterocycles. The maximum absolute atomic E-state index is 12.0. The first-order valence-electron chi connectivity index (χ1n) is 8.42. The zero-order valence-corrected chi connectivity index (χ0v) is 15.0. The van der Waals surface area contributed by atoms with E-state index in [1.165, 1.54) is 12.1 Å². The zero-order chi connectivity index (χ0) is 18.9. The Morgan fingerprint density at radius 3 is 2.58 bits per heavy atom. The number of amides is 1. The highest BCUT2D eigenvalue weighted by Crippen LogP contribution is 2.18. The predicted octanol–water partition coefficient (Wildman–Crippen LogP) is 2.80. The molecule has 0 fully saturated rings. The van der Waals surface area contributed by atoms with Crippen molar-refractivity contribution in [3.8, 4) is 0 Å². The number of hydrogen-bond donors (Lipinski definition) is 2. The van der Waals surface area contributed by atoms with Gasteiger partial charge in [-0.05, 0) is 44.8 Å². The van der Waals surface area contributed by atoms with E-state index in [0.29, 0.717) is 25.9 Å². The molecule has 1 unspecified atom stereocenters. The minimum Gasteiger partial charge on any atom is -0.468 e. The van der Waals surface area contributed by atoms with E-state index in [1.54, 1.807) is 18.4 Å². The molecule has 1 aromatic heterocycles. The fraction of sp³-hybridized carbons (Fsp3) is 0.389. The maximum atomic E-state index is 12.0. The topological polar surface area (TPSA) is 101 Å². The van der Waals surface area contributed by atoms with Crippen molar-refractivity contribution in [3.05, 3.63) is 58.5 Å². The number of furan rings is 1. The summed E-state index contributed by atoms with van der Waals surface area (Å²) < 4.78 is 5.41.